The quantitative estimate of drug-likeness (QED) is 0.285. The van der Waals surface area contributed by atoms with Crippen molar-refractivity contribution in [2.45, 2.75) is 105 Å². The second-order valence-corrected chi connectivity index (χ2v) is 14.3. The Labute approximate surface area is 236 Å². The van der Waals surface area contributed by atoms with Crippen LogP contribution >= 0.6 is 0 Å². The molecule has 5 rings (SSSR count). The fourth-order valence-electron chi connectivity index (χ4n) is 10.1. The van der Waals surface area contributed by atoms with Gasteiger partial charge in [0.1, 0.15) is 17.6 Å². The van der Waals surface area contributed by atoms with Gasteiger partial charge in [-0.25, -0.2) is 0 Å². The Morgan fingerprint density at radius 2 is 1.82 bits per heavy atom. The van der Waals surface area contributed by atoms with Crippen LogP contribution in [0, 0.1) is 45.3 Å². The lowest BCUT2D eigenvalue weighted by Gasteiger charge is -2.64. The van der Waals surface area contributed by atoms with Crippen LogP contribution < -0.4 is 0 Å². The topological polar surface area (TPSA) is 127 Å². The lowest BCUT2D eigenvalue weighted by molar-refractivity contribution is -0.198. The first-order valence-electron chi connectivity index (χ1n) is 14.7. The second-order valence-electron chi connectivity index (χ2n) is 14.3. The number of allylic oxidation sites excluding steroid dienone is 4. The number of hydrogen-bond donors (Lipinski definition) is 2. The molecule has 0 radical (unpaired) electrons. The van der Waals surface area contributed by atoms with E-state index in [2.05, 4.69) is 26.8 Å². The Morgan fingerprint density at radius 3 is 2.42 bits per heavy atom. The van der Waals surface area contributed by atoms with Crippen LogP contribution in [0.25, 0.3) is 0 Å². The number of fused-ring (bicyclic) bond motifs is 7. The summed E-state index contributed by atoms with van der Waals surface area (Å²) in [4.78, 5) is 50.5. The number of carboxylic acid groups (broad SMARTS) is 1. The smallest absolute Gasteiger partial charge is 0.313 e. The van der Waals surface area contributed by atoms with Gasteiger partial charge in [0, 0.05) is 30.1 Å². The Hall–Kier alpha value is -2.48. The zero-order valence-electron chi connectivity index (χ0n) is 24.8. The van der Waals surface area contributed by atoms with Crippen molar-refractivity contribution in [2.75, 3.05) is 0 Å². The molecule has 4 aliphatic carbocycles. The third-order valence-corrected chi connectivity index (χ3v) is 12.2. The van der Waals surface area contributed by atoms with E-state index in [1.165, 1.54) is 12.5 Å². The Kier molecular flexibility index (Phi) is 6.72. The van der Waals surface area contributed by atoms with Gasteiger partial charge in [-0.2, -0.15) is 0 Å². The van der Waals surface area contributed by atoms with Crippen molar-refractivity contribution in [2.24, 2.45) is 45.3 Å². The molecule has 0 aromatic rings. The summed E-state index contributed by atoms with van der Waals surface area (Å²) < 4.78 is 11.5. The van der Waals surface area contributed by atoms with Gasteiger partial charge in [0.05, 0.1) is 12.0 Å². The molecule has 220 valence electrons. The Balaban J connectivity index is 1.55. The number of ether oxygens (including phenoxy) is 2. The molecule has 0 amide bonds. The number of rotatable bonds is 5. The first-order valence-corrected chi connectivity index (χ1v) is 14.7. The second kappa shape index (κ2) is 9.27. The monoisotopic (exact) mass is 556 g/mol. The van der Waals surface area contributed by atoms with Crippen molar-refractivity contribution in [3.8, 4) is 0 Å². The highest BCUT2D eigenvalue weighted by Gasteiger charge is 2.74. The highest BCUT2D eigenvalue weighted by Crippen LogP contribution is 2.74. The number of carbonyl (C=O) groups is 4. The molecule has 2 N–H and O–H groups in total. The standard InChI is InChI=1S/C32H44O8/c1-16(2)12-18(34)13-19-26-22(40-27(19)36)15-30(5)20-8-9-23-29(4,21(20)14-24(35)32(26,30)7)11-10-25(39-17(3)33)31(23,6)28(37)38/h8,12,19,21-26,35H,9-11,13-15H2,1-7H3,(H,37,38)/t19-,21+,22+,23-,24+,25-,26-,29-,30-,31+,32+/m1/s1. The molecule has 0 aromatic heterocycles. The van der Waals surface area contributed by atoms with Crippen molar-refractivity contribution in [1.29, 1.82) is 0 Å². The van der Waals surface area contributed by atoms with Gasteiger partial charge in [-0.1, -0.05) is 38.0 Å². The van der Waals surface area contributed by atoms with Crippen LogP contribution in [-0.4, -0.2) is 52.2 Å². The summed E-state index contributed by atoms with van der Waals surface area (Å²) in [5.74, 6) is -3.13. The van der Waals surface area contributed by atoms with Gasteiger partial charge in [-0.15, -0.1) is 0 Å². The first kappa shape index (κ1) is 29.0. The molecule has 8 nitrogen and oxygen atoms in total. The number of aliphatic carboxylic acids is 1. The molecule has 0 spiro atoms. The largest absolute Gasteiger partial charge is 0.481 e. The maximum atomic E-state index is 13.0. The molecule has 1 aliphatic heterocycles. The molecule has 5 aliphatic rings. The molecule has 1 saturated heterocycles. The predicted octanol–water partition coefficient (Wildman–Crippen LogP) is 4.64. The van der Waals surface area contributed by atoms with Gasteiger partial charge in [-0.3, -0.25) is 19.2 Å². The Bertz CT molecular complexity index is 1210. The molecule has 3 saturated carbocycles. The zero-order valence-corrected chi connectivity index (χ0v) is 24.8. The number of carboxylic acids is 1. The van der Waals surface area contributed by atoms with Crippen LogP contribution in [0.3, 0.4) is 0 Å². The van der Waals surface area contributed by atoms with E-state index in [0.29, 0.717) is 32.1 Å². The fraction of sp³-hybridized carbons (Fsp3) is 0.750. The van der Waals surface area contributed by atoms with Gasteiger partial charge >= 0.3 is 17.9 Å². The van der Waals surface area contributed by atoms with Gasteiger partial charge in [0.15, 0.2) is 5.78 Å². The third-order valence-electron chi connectivity index (χ3n) is 12.2. The lowest BCUT2D eigenvalue weighted by Crippen LogP contribution is -2.63. The summed E-state index contributed by atoms with van der Waals surface area (Å²) in [5, 5.41) is 22.5. The highest BCUT2D eigenvalue weighted by atomic mass is 16.6. The Morgan fingerprint density at radius 1 is 1.15 bits per heavy atom. The average Bonchev–Trinajstić information content (AvgIpc) is 3.25. The van der Waals surface area contributed by atoms with Crippen LogP contribution in [0.1, 0.15) is 87.0 Å². The van der Waals surface area contributed by atoms with E-state index in [4.69, 9.17) is 9.47 Å². The van der Waals surface area contributed by atoms with Crippen molar-refractivity contribution >= 4 is 23.7 Å². The number of ketones is 1. The van der Waals surface area contributed by atoms with E-state index in [0.717, 1.165) is 5.57 Å². The summed E-state index contributed by atoms with van der Waals surface area (Å²) in [6.45, 7) is 13.1. The van der Waals surface area contributed by atoms with Gasteiger partial charge in [-0.05, 0) is 76.2 Å². The number of hydrogen-bond acceptors (Lipinski definition) is 7. The maximum Gasteiger partial charge on any atom is 0.313 e. The van der Waals surface area contributed by atoms with Crippen molar-refractivity contribution < 1.29 is 38.9 Å². The van der Waals surface area contributed by atoms with E-state index in [-0.39, 0.29) is 42.0 Å². The van der Waals surface area contributed by atoms with Crippen LogP contribution in [0.15, 0.2) is 23.3 Å². The summed E-state index contributed by atoms with van der Waals surface area (Å²) in [6, 6.07) is 0. The van der Waals surface area contributed by atoms with Crippen molar-refractivity contribution in [3.63, 3.8) is 0 Å². The van der Waals surface area contributed by atoms with E-state index in [1.807, 2.05) is 13.8 Å². The van der Waals surface area contributed by atoms with Crippen molar-refractivity contribution in [3.05, 3.63) is 23.3 Å². The minimum atomic E-state index is -1.26. The minimum Gasteiger partial charge on any atom is -0.481 e. The van der Waals surface area contributed by atoms with Gasteiger partial charge in [0.25, 0.3) is 0 Å². The lowest BCUT2D eigenvalue weighted by atomic mass is 9.40. The van der Waals surface area contributed by atoms with E-state index in [1.54, 1.807) is 13.0 Å². The molecule has 4 fully saturated rings. The van der Waals surface area contributed by atoms with E-state index >= 15 is 0 Å². The SMILES string of the molecule is CC(=O)O[C@@H]1CC[C@@]2(C)[C@@H](CC=C3[C@@H]2C[C@H](O)[C@@]2(C)[C@H]4[C@H](C[C@]32C)OC(=O)[C@@H]4CC(=O)C=C(C)C)[C@]1(C)C(=O)O. The molecular formula is C32H44O8. The maximum absolute atomic E-state index is 13.0. The van der Waals surface area contributed by atoms with Crippen LogP contribution in [0.4, 0.5) is 0 Å². The third kappa shape index (κ3) is 3.73. The number of aliphatic hydroxyl groups excluding tert-OH is 1. The van der Waals surface area contributed by atoms with Crippen LogP contribution in [0.2, 0.25) is 0 Å². The van der Waals surface area contributed by atoms with Crippen LogP contribution in [-0.2, 0) is 28.7 Å². The fourth-order valence-corrected chi connectivity index (χ4v) is 10.1. The summed E-state index contributed by atoms with van der Waals surface area (Å²) in [6.07, 6.45) is 4.65. The molecule has 0 unspecified atom stereocenters. The molecule has 8 heteroatoms. The van der Waals surface area contributed by atoms with E-state index in [9.17, 15) is 29.4 Å². The molecule has 0 bridgehead atoms. The number of esters is 2. The summed E-state index contributed by atoms with van der Waals surface area (Å²) >= 11 is 0. The van der Waals surface area contributed by atoms with Gasteiger partial charge in [0.2, 0.25) is 0 Å². The normalized spacial score (nSPS) is 47.0. The first-order chi connectivity index (χ1) is 18.5. The number of carbonyl (C=O) groups excluding carboxylic acids is 3. The number of aliphatic hydroxyl groups is 1. The average molecular weight is 557 g/mol. The molecule has 40 heavy (non-hydrogen) atoms. The molecular weight excluding hydrogens is 512 g/mol. The summed E-state index contributed by atoms with van der Waals surface area (Å²) in [5.41, 5.74) is -0.752. The zero-order chi connectivity index (χ0) is 29.6. The molecule has 1 heterocycles. The molecule has 0 aromatic carbocycles. The summed E-state index contributed by atoms with van der Waals surface area (Å²) in [7, 11) is 0. The molecule has 11 atom stereocenters. The minimum absolute atomic E-state index is 0.0587. The van der Waals surface area contributed by atoms with E-state index < -0.39 is 51.7 Å². The van der Waals surface area contributed by atoms with Crippen LogP contribution in [0.5, 0.6) is 0 Å². The predicted molar refractivity (Wildman–Crippen MR) is 146 cm³/mol. The van der Waals surface area contributed by atoms with Crippen molar-refractivity contribution in [1.82, 2.24) is 0 Å². The van der Waals surface area contributed by atoms with Gasteiger partial charge < -0.3 is 19.7 Å². The highest BCUT2D eigenvalue weighted by molar-refractivity contribution is 5.93.